The highest BCUT2D eigenvalue weighted by Gasteiger charge is 2.42. The van der Waals surface area contributed by atoms with Crippen molar-refractivity contribution in [3.63, 3.8) is 0 Å². The monoisotopic (exact) mass is 585 g/mol. The maximum absolute atomic E-state index is 12.8. The second kappa shape index (κ2) is 12.8. The summed E-state index contributed by atoms with van der Waals surface area (Å²) in [7, 11) is 0. The van der Waals surface area contributed by atoms with Gasteiger partial charge in [-0.1, -0.05) is 48.5 Å². The van der Waals surface area contributed by atoms with Gasteiger partial charge in [-0.25, -0.2) is 0 Å². The highest BCUT2D eigenvalue weighted by atomic mass is 32.2. The Bertz CT molecular complexity index is 1480. The minimum Gasteiger partial charge on any atom is -0.480 e. The van der Waals surface area contributed by atoms with Gasteiger partial charge in [0.05, 0.1) is 11.4 Å². The molecule has 0 saturated heterocycles. The number of aliphatic hydroxyl groups is 3. The van der Waals surface area contributed by atoms with E-state index in [0.29, 0.717) is 11.1 Å². The van der Waals surface area contributed by atoms with Crippen molar-refractivity contribution in [1.82, 2.24) is 10.6 Å². The molecule has 41 heavy (non-hydrogen) atoms. The summed E-state index contributed by atoms with van der Waals surface area (Å²) in [6.07, 6.45) is -4.80. The molecule has 4 rings (SSSR count). The van der Waals surface area contributed by atoms with E-state index < -0.39 is 65.9 Å². The molecular formula is C28H31N3O9S. The van der Waals surface area contributed by atoms with E-state index in [1.54, 1.807) is 6.07 Å². The van der Waals surface area contributed by atoms with Crippen LogP contribution in [0.4, 0.5) is 0 Å². The fourth-order valence-electron chi connectivity index (χ4n) is 4.95. The number of aliphatic carboxylic acids is 2. The van der Waals surface area contributed by atoms with Crippen molar-refractivity contribution in [2.45, 2.75) is 48.5 Å². The van der Waals surface area contributed by atoms with Crippen molar-refractivity contribution in [3.05, 3.63) is 59.7 Å². The van der Waals surface area contributed by atoms with Crippen LogP contribution in [0.15, 0.2) is 48.5 Å². The van der Waals surface area contributed by atoms with Crippen LogP contribution < -0.4 is 16.4 Å². The van der Waals surface area contributed by atoms with Crippen LogP contribution in [0.1, 0.15) is 35.3 Å². The number of carboxylic acids is 2. The molecule has 9 N–H and O–H groups in total. The molecule has 0 bridgehead atoms. The first-order chi connectivity index (χ1) is 19.5. The van der Waals surface area contributed by atoms with Gasteiger partial charge in [0.25, 0.3) is 0 Å². The minimum absolute atomic E-state index is 0.143. The van der Waals surface area contributed by atoms with Gasteiger partial charge in [0.1, 0.15) is 30.8 Å². The summed E-state index contributed by atoms with van der Waals surface area (Å²) < 4.78 is 0. The number of fused-ring (bicyclic) bond motifs is 5. The molecule has 0 unspecified atom stereocenters. The van der Waals surface area contributed by atoms with E-state index in [9.17, 15) is 34.5 Å². The van der Waals surface area contributed by atoms with Crippen LogP contribution in [0, 0.1) is 0 Å². The Hall–Kier alpha value is -3.75. The number of rotatable bonds is 11. The van der Waals surface area contributed by atoms with Crippen molar-refractivity contribution < 1.29 is 44.7 Å². The summed E-state index contributed by atoms with van der Waals surface area (Å²) >= 11 is 1.05. The van der Waals surface area contributed by atoms with Gasteiger partial charge in [0, 0.05) is 12.2 Å². The second-order valence-electron chi connectivity index (χ2n) is 9.85. The van der Waals surface area contributed by atoms with Crippen molar-refractivity contribution >= 4 is 57.1 Å². The Morgan fingerprint density at radius 2 is 1.61 bits per heavy atom. The quantitative estimate of drug-likeness (QED) is 0.144. The van der Waals surface area contributed by atoms with Gasteiger partial charge >= 0.3 is 11.9 Å². The predicted molar refractivity (Wildman–Crippen MR) is 151 cm³/mol. The molecule has 0 radical (unpaired) electrons. The van der Waals surface area contributed by atoms with E-state index in [-0.39, 0.29) is 18.6 Å². The van der Waals surface area contributed by atoms with Crippen molar-refractivity contribution in [1.29, 1.82) is 0 Å². The fraction of sp³-hybridized carbons (Fsp3) is 0.357. The predicted octanol–water partition coefficient (Wildman–Crippen LogP) is 0.414. The maximum Gasteiger partial charge on any atom is 0.322 e. The lowest BCUT2D eigenvalue weighted by Gasteiger charge is -2.38. The third-order valence-electron chi connectivity index (χ3n) is 7.10. The highest BCUT2D eigenvalue weighted by Crippen LogP contribution is 2.48. The molecule has 0 saturated carbocycles. The first-order valence-electron chi connectivity index (χ1n) is 12.9. The number of carboxylic acid groups (broad SMARTS) is 2. The number of thioether (sulfide) groups is 1. The fourth-order valence-corrected chi connectivity index (χ4v) is 6.37. The molecule has 1 aliphatic rings. The Balaban J connectivity index is 1.64. The molecule has 218 valence electrons. The average molecular weight is 586 g/mol. The molecule has 3 aromatic carbocycles. The number of nitrogens with one attached hydrogen (secondary N) is 2. The van der Waals surface area contributed by atoms with Gasteiger partial charge < -0.3 is 41.9 Å². The van der Waals surface area contributed by atoms with Crippen LogP contribution in [-0.4, -0.2) is 85.9 Å². The standard InChI is InChI=1S/C28H31N3O9S/c29-18(28(39)40)9-10-20(32)31-19(27(38)30-11-21(33)34)12-41-26-22-16-6-5-13-3-1-2-4-14(13)15(16)7-8-17(22)23(35)24(36)25(26)37/h1-8,18-19,23-26,35-37H,9-12,29H2,(H,30,38)(H,31,32)(H,33,34)(H,39,40)/t18-,19-,23+,24-,25-,26-/m0/s1. The molecule has 12 nitrogen and oxygen atoms in total. The largest absolute Gasteiger partial charge is 0.480 e. The lowest BCUT2D eigenvalue weighted by molar-refractivity contribution is -0.139. The van der Waals surface area contributed by atoms with E-state index in [1.165, 1.54) is 0 Å². The Morgan fingerprint density at radius 3 is 2.32 bits per heavy atom. The van der Waals surface area contributed by atoms with E-state index >= 15 is 0 Å². The maximum atomic E-state index is 12.8. The minimum atomic E-state index is -1.52. The third kappa shape index (κ3) is 6.60. The summed E-state index contributed by atoms with van der Waals surface area (Å²) in [6.45, 7) is -0.697. The van der Waals surface area contributed by atoms with Crippen molar-refractivity contribution in [2.24, 2.45) is 5.73 Å². The van der Waals surface area contributed by atoms with E-state index in [0.717, 1.165) is 33.3 Å². The van der Waals surface area contributed by atoms with E-state index in [4.69, 9.17) is 15.9 Å². The average Bonchev–Trinajstić information content (AvgIpc) is 2.96. The lowest BCUT2D eigenvalue weighted by Crippen LogP contribution is -2.50. The van der Waals surface area contributed by atoms with E-state index in [2.05, 4.69) is 10.6 Å². The first-order valence-corrected chi connectivity index (χ1v) is 13.9. The number of aliphatic hydroxyl groups excluding tert-OH is 3. The molecule has 0 heterocycles. The number of hydrogen-bond donors (Lipinski definition) is 8. The second-order valence-corrected chi connectivity index (χ2v) is 11.0. The summed E-state index contributed by atoms with van der Waals surface area (Å²) in [5, 5.41) is 57.8. The molecule has 13 heteroatoms. The molecule has 2 amide bonds. The first kappa shape index (κ1) is 30.2. The molecule has 1 aliphatic carbocycles. The third-order valence-corrected chi connectivity index (χ3v) is 8.50. The van der Waals surface area contributed by atoms with Gasteiger partial charge in [-0.2, -0.15) is 0 Å². The number of nitrogens with two attached hydrogens (primary N) is 1. The number of benzene rings is 3. The normalized spacial score (nSPS) is 21.6. The van der Waals surface area contributed by atoms with Crippen molar-refractivity contribution in [2.75, 3.05) is 12.3 Å². The van der Waals surface area contributed by atoms with Crippen LogP contribution in [0.25, 0.3) is 21.5 Å². The Labute approximate surface area is 238 Å². The van der Waals surface area contributed by atoms with Gasteiger partial charge in [0.2, 0.25) is 11.8 Å². The number of amides is 2. The summed E-state index contributed by atoms with van der Waals surface area (Å²) in [4.78, 5) is 47.3. The van der Waals surface area contributed by atoms with Crippen LogP contribution in [0.5, 0.6) is 0 Å². The summed E-state index contributed by atoms with van der Waals surface area (Å²) in [5.41, 5.74) is 6.45. The molecular weight excluding hydrogens is 554 g/mol. The van der Waals surface area contributed by atoms with Gasteiger partial charge in [0.15, 0.2) is 0 Å². The topological polar surface area (TPSA) is 220 Å². The van der Waals surface area contributed by atoms with Gasteiger partial charge in [-0.15, -0.1) is 11.8 Å². The molecule has 6 atom stereocenters. The molecule has 0 aliphatic heterocycles. The number of carbonyl (C=O) groups excluding carboxylic acids is 2. The van der Waals surface area contributed by atoms with E-state index in [1.807, 2.05) is 42.5 Å². The molecule has 0 fully saturated rings. The van der Waals surface area contributed by atoms with Crippen LogP contribution >= 0.6 is 11.8 Å². The zero-order valence-corrected chi connectivity index (χ0v) is 22.6. The SMILES string of the molecule is N[C@@H](CCC(=O)N[C@@H](CS[C@H]1c2c(ccc3c2ccc2ccccc23)[C@@H](O)[C@H](O)[C@@H]1O)C(=O)NCC(=O)O)C(=O)O. The molecule has 3 aromatic rings. The van der Waals surface area contributed by atoms with Crippen LogP contribution in [0.2, 0.25) is 0 Å². The summed E-state index contributed by atoms with van der Waals surface area (Å²) in [5.74, 6) is -4.19. The molecule has 0 aromatic heterocycles. The highest BCUT2D eigenvalue weighted by molar-refractivity contribution is 7.99. The van der Waals surface area contributed by atoms with Crippen LogP contribution in [-0.2, 0) is 19.2 Å². The summed E-state index contributed by atoms with van der Waals surface area (Å²) in [6, 6.07) is 12.5. The zero-order valence-electron chi connectivity index (χ0n) is 21.8. The van der Waals surface area contributed by atoms with Gasteiger partial charge in [-0.05, 0) is 39.1 Å². The van der Waals surface area contributed by atoms with Crippen LogP contribution in [0.3, 0.4) is 0 Å². The Kier molecular flexibility index (Phi) is 9.46. The zero-order chi connectivity index (χ0) is 29.8. The smallest absolute Gasteiger partial charge is 0.322 e. The molecule has 0 spiro atoms. The Morgan fingerprint density at radius 1 is 0.902 bits per heavy atom. The lowest BCUT2D eigenvalue weighted by atomic mass is 9.81. The number of carbonyl (C=O) groups is 4. The number of hydrogen-bond acceptors (Lipinski definition) is 9. The van der Waals surface area contributed by atoms with Crippen molar-refractivity contribution in [3.8, 4) is 0 Å². The van der Waals surface area contributed by atoms with Gasteiger partial charge in [-0.3, -0.25) is 19.2 Å².